The van der Waals surface area contributed by atoms with Crippen molar-refractivity contribution in [2.75, 3.05) is 6.54 Å². The second kappa shape index (κ2) is 5.68. The molecule has 90 valence electrons. The fraction of sp³-hybridized carbons (Fsp3) is 0.929. The van der Waals surface area contributed by atoms with Gasteiger partial charge in [-0.15, -0.1) is 0 Å². The minimum absolute atomic E-state index is 0.692. The van der Waals surface area contributed by atoms with Gasteiger partial charge in [-0.3, -0.25) is 0 Å². The highest BCUT2D eigenvalue weighted by Crippen LogP contribution is 2.49. The number of nitrogens with zero attached hydrogens (tertiary/aromatic N) is 1. The summed E-state index contributed by atoms with van der Waals surface area (Å²) in [7, 11) is 0. The number of rotatable bonds is 6. The average molecular weight is 220 g/mol. The summed E-state index contributed by atoms with van der Waals surface area (Å²) in [5.41, 5.74) is 0. The smallest absolute Gasteiger partial charge is 0.0621 e. The summed E-state index contributed by atoms with van der Waals surface area (Å²) < 4.78 is 0. The van der Waals surface area contributed by atoms with Crippen LogP contribution in [0.1, 0.15) is 51.9 Å². The molecule has 16 heavy (non-hydrogen) atoms. The maximum absolute atomic E-state index is 8.45. The van der Waals surface area contributed by atoms with Crippen molar-refractivity contribution in [2.24, 2.45) is 17.8 Å². The lowest BCUT2D eigenvalue weighted by atomic mass is 9.84. The molecule has 2 fully saturated rings. The summed E-state index contributed by atoms with van der Waals surface area (Å²) in [5.74, 6) is 3.01. The van der Waals surface area contributed by atoms with Crippen LogP contribution < -0.4 is 5.32 Å². The van der Waals surface area contributed by atoms with E-state index in [2.05, 4.69) is 18.3 Å². The Bertz CT molecular complexity index is 256. The predicted molar refractivity (Wildman–Crippen MR) is 65.9 cm³/mol. The number of hydrogen-bond donors (Lipinski definition) is 1. The van der Waals surface area contributed by atoms with Gasteiger partial charge in [0.25, 0.3) is 0 Å². The Balaban J connectivity index is 1.61. The molecule has 2 saturated carbocycles. The van der Waals surface area contributed by atoms with E-state index in [1.807, 2.05) is 0 Å². The van der Waals surface area contributed by atoms with Crippen LogP contribution in [0.25, 0.3) is 0 Å². The van der Waals surface area contributed by atoms with Crippen LogP contribution >= 0.6 is 0 Å². The van der Waals surface area contributed by atoms with E-state index < -0.39 is 0 Å². The highest BCUT2D eigenvalue weighted by atomic mass is 14.9. The first-order valence-electron chi connectivity index (χ1n) is 6.91. The van der Waals surface area contributed by atoms with E-state index in [0.717, 1.165) is 37.1 Å². The van der Waals surface area contributed by atoms with Crippen LogP contribution in [0.2, 0.25) is 0 Å². The van der Waals surface area contributed by atoms with Crippen LogP contribution in [0.4, 0.5) is 0 Å². The Hall–Kier alpha value is -0.550. The zero-order valence-corrected chi connectivity index (χ0v) is 10.4. The number of nitrogens with one attached hydrogen (secondary N) is 1. The number of fused-ring (bicyclic) bond motifs is 2. The summed E-state index contributed by atoms with van der Waals surface area (Å²) in [6.45, 7) is 3.45. The number of hydrogen-bond acceptors (Lipinski definition) is 2. The Morgan fingerprint density at radius 1 is 1.31 bits per heavy atom. The van der Waals surface area contributed by atoms with Crippen molar-refractivity contribution < 1.29 is 0 Å². The first kappa shape index (κ1) is 11.9. The predicted octanol–water partition coefficient (Wildman–Crippen LogP) is 3.09. The second-order valence-corrected chi connectivity index (χ2v) is 5.70. The highest BCUT2D eigenvalue weighted by Gasteiger charge is 2.41. The topological polar surface area (TPSA) is 35.8 Å². The second-order valence-electron chi connectivity index (χ2n) is 5.70. The van der Waals surface area contributed by atoms with Crippen LogP contribution in [0.15, 0.2) is 0 Å². The van der Waals surface area contributed by atoms with Crippen LogP contribution in [0, 0.1) is 29.1 Å². The van der Waals surface area contributed by atoms with E-state index in [0.29, 0.717) is 12.5 Å². The SMILES string of the molecule is CC(NCCCCC#N)C1CC2CCC1C2. The lowest BCUT2D eigenvalue weighted by molar-refractivity contribution is 0.260. The van der Waals surface area contributed by atoms with Crippen molar-refractivity contribution in [1.29, 1.82) is 5.26 Å². The third-order valence-electron chi connectivity index (χ3n) is 4.62. The molecule has 2 bridgehead atoms. The standard InChI is InChI=1S/C14H24N2/c1-11(16-8-4-2-3-7-15)14-10-12-5-6-13(14)9-12/h11-14,16H,2-6,8-10H2,1H3. The van der Waals surface area contributed by atoms with Gasteiger partial charge in [0.1, 0.15) is 0 Å². The van der Waals surface area contributed by atoms with E-state index in [4.69, 9.17) is 5.26 Å². The summed E-state index contributed by atoms with van der Waals surface area (Å²) in [5, 5.41) is 12.1. The summed E-state index contributed by atoms with van der Waals surface area (Å²) in [6, 6.07) is 2.90. The molecule has 0 saturated heterocycles. The highest BCUT2D eigenvalue weighted by molar-refractivity contribution is 4.93. The van der Waals surface area contributed by atoms with Crippen LogP contribution in [-0.2, 0) is 0 Å². The van der Waals surface area contributed by atoms with Crippen molar-refractivity contribution in [1.82, 2.24) is 5.32 Å². The lowest BCUT2D eigenvalue weighted by Gasteiger charge is -2.28. The fourth-order valence-electron chi connectivity index (χ4n) is 3.72. The molecule has 0 amide bonds. The molecule has 2 nitrogen and oxygen atoms in total. The molecular formula is C14H24N2. The number of unbranched alkanes of at least 4 members (excludes halogenated alkanes) is 2. The van der Waals surface area contributed by atoms with Crippen molar-refractivity contribution in [2.45, 2.75) is 57.9 Å². The molecule has 4 unspecified atom stereocenters. The van der Waals surface area contributed by atoms with Crippen molar-refractivity contribution in [3.63, 3.8) is 0 Å². The van der Waals surface area contributed by atoms with Crippen LogP contribution in [-0.4, -0.2) is 12.6 Å². The van der Waals surface area contributed by atoms with E-state index in [9.17, 15) is 0 Å². The van der Waals surface area contributed by atoms with Gasteiger partial charge in [0.15, 0.2) is 0 Å². The molecule has 0 radical (unpaired) electrons. The van der Waals surface area contributed by atoms with Crippen molar-refractivity contribution >= 4 is 0 Å². The van der Waals surface area contributed by atoms with Gasteiger partial charge in [0, 0.05) is 12.5 Å². The first-order valence-corrected chi connectivity index (χ1v) is 6.91. The van der Waals surface area contributed by atoms with Crippen molar-refractivity contribution in [3.8, 4) is 6.07 Å². The molecule has 0 aromatic rings. The number of nitriles is 1. The fourth-order valence-corrected chi connectivity index (χ4v) is 3.72. The molecule has 0 heterocycles. The monoisotopic (exact) mass is 220 g/mol. The van der Waals surface area contributed by atoms with E-state index in [1.54, 1.807) is 0 Å². The molecule has 0 aliphatic heterocycles. The largest absolute Gasteiger partial charge is 0.314 e. The van der Waals surface area contributed by atoms with Gasteiger partial charge in [-0.05, 0) is 63.3 Å². The Kier molecular flexibility index (Phi) is 4.23. The molecule has 4 atom stereocenters. The van der Waals surface area contributed by atoms with E-state index in [-0.39, 0.29) is 0 Å². The molecule has 0 aromatic carbocycles. The van der Waals surface area contributed by atoms with E-state index in [1.165, 1.54) is 25.7 Å². The Morgan fingerprint density at radius 3 is 2.81 bits per heavy atom. The summed E-state index contributed by atoms with van der Waals surface area (Å²) in [4.78, 5) is 0. The van der Waals surface area contributed by atoms with Gasteiger partial charge in [-0.25, -0.2) is 0 Å². The first-order chi connectivity index (χ1) is 7.81. The summed E-state index contributed by atoms with van der Waals surface area (Å²) >= 11 is 0. The van der Waals surface area contributed by atoms with Gasteiger partial charge in [-0.2, -0.15) is 5.26 Å². The van der Waals surface area contributed by atoms with Gasteiger partial charge >= 0.3 is 0 Å². The van der Waals surface area contributed by atoms with Crippen LogP contribution in [0.3, 0.4) is 0 Å². The third kappa shape index (κ3) is 2.77. The molecule has 2 rings (SSSR count). The maximum atomic E-state index is 8.45. The van der Waals surface area contributed by atoms with E-state index >= 15 is 0 Å². The molecule has 0 aromatic heterocycles. The third-order valence-corrected chi connectivity index (χ3v) is 4.62. The summed E-state index contributed by atoms with van der Waals surface area (Å²) in [6.07, 6.45) is 8.86. The lowest BCUT2D eigenvalue weighted by Crippen LogP contribution is -2.36. The van der Waals surface area contributed by atoms with Gasteiger partial charge < -0.3 is 5.32 Å². The molecule has 2 aliphatic carbocycles. The average Bonchev–Trinajstić information content (AvgIpc) is 2.90. The normalized spacial score (nSPS) is 33.9. The van der Waals surface area contributed by atoms with Gasteiger partial charge in [-0.1, -0.05) is 6.42 Å². The minimum atomic E-state index is 0.692. The molecule has 2 heteroatoms. The Morgan fingerprint density at radius 2 is 2.19 bits per heavy atom. The minimum Gasteiger partial charge on any atom is -0.314 e. The molecular weight excluding hydrogens is 196 g/mol. The van der Waals surface area contributed by atoms with Crippen LogP contribution in [0.5, 0.6) is 0 Å². The molecule has 1 N–H and O–H groups in total. The quantitative estimate of drug-likeness (QED) is 0.698. The molecule has 0 spiro atoms. The van der Waals surface area contributed by atoms with Crippen molar-refractivity contribution in [3.05, 3.63) is 0 Å². The zero-order chi connectivity index (χ0) is 11.4. The Labute approximate surface area is 99.4 Å². The van der Waals surface area contributed by atoms with Gasteiger partial charge in [0.2, 0.25) is 0 Å². The van der Waals surface area contributed by atoms with Gasteiger partial charge in [0.05, 0.1) is 6.07 Å². The molecule has 2 aliphatic rings. The zero-order valence-electron chi connectivity index (χ0n) is 10.4. The maximum Gasteiger partial charge on any atom is 0.0621 e.